The molecule has 1 aromatic carbocycles. The molecule has 0 aliphatic carbocycles. The van der Waals surface area contributed by atoms with Crippen LogP contribution in [0.3, 0.4) is 0 Å². The van der Waals surface area contributed by atoms with Crippen molar-refractivity contribution in [3.63, 3.8) is 0 Å². The van der Waals surface area contributed by atoms with Crippen molar-refractivity contribution < 1.29 is 9.31 Å². The second-order valence-electron chi connectivity index (χ2n) is 5.35. The van der Waals surface area contributed by atoms with Crippen LogP contribution in [0.5, 0.6) is 0 Å². The van der Waals surface area contributed by atoms with Gasteiger partial charge in [0.05, 0.1) is 21.2 Å². The Morgan fingerprint density at radius 2 is 1.56 bits per heavy atom. The van der Waals surface area contributed by atoms with Gasteiger partial charge in [-0.05, 0) is 39.8 Å². The van der Waals surface area contributed by atoms with Crippen molar-refractivity contribution in [2.24, 2.45) is 0 Å². The van der Waals surface area contributed by atoms with Gasteiger partial charge in [0.15, 0.2) is 0 Å². The van der Waals surface area contributed by atoms with Crippen LogP contribution in [0.2, 0.25) is 10.0 Å². The van der Waals surface area contributed by atoms with Crippen molar-refractivity contribution in [3.05, 3.63) is 26.7 Å². The summed E-state index contributed by atoms with van der Waals surface area (Å²) in [7, 11) is -0.518. The summed E-state index contributed by atoms with van der Waals surface area (Å²) in [5, 5.41) is 0.953. The highest BCUT2D eigenvalue weighted by Gasteiger charge is 2.52. The Labute approximate surface area is 126 Å². The quantitative estimate of drug-likeness (QED) is 0.561. The Balaban J connectivity index is 2.44. The van der Waals surface area contributed by atoms with Crippen molar-refractivity contribution in [2.45, 2.75) is 38.9 Å². The van der Waals surface area contributed by atoms with E-state index in [1.165, 1.54) is 0 Å². The molecule has 0 radical (unpaired) electrons. The van der Waals surface area contributed by atoms with E-state index in [0.29, 0.717) is 10.0 Å². The summed E-state index contributed by atoms with van der Waals surface area (Å²) < 4.78 is 12.8. The Hall–Kier alpha value is 0.265. The molecule has 0 atom stereocenters. The average Bonchev–Trinajstić information content (AvgIpc) is 2.43. The maximum atomic E-state index is 6.24. The molecule has 0 saturated carbocycles. The van der Waals surface area contributed by atoms with Gasteiger partial charge >= 0.3 is 7.12 Å². The lowest BCUT2D eigenvalue weighted by Crippen LogP contribution is -2.41. The van der Waals surface area contributed by atoms with Crippen molar-refractivity contribution in [3.8, 4) is 0 Å². The summed E-state index contributed by atoms with van der Waals surface area (Å²) in [5.41, 5.74) is -0.0614. The first-order valence-corrected chi connectivity index (χ1v) is 7.19. The van der Waals surface area contributed by atoms with Crippen LogP contribution >= 0.6 is 39.1 Å². The van der Waals surface area contributed by atoms with Gasteiger partial charge in [0.25, 0.3) is 0 Å². The maximum Gasteiger partial charge on any atom is 0.497 e. The highest BCUT2D eigenvalue weighted by atomic mass is 79.9. The van der Waals surface area contributed by atoms with Crippen LogP contribution in [-0.4, -0.2) is 18.3 Å². The van der Waals surface area contributed by atoms with Crippen LogP contribution in [0.1, 0.15) is 27.7 Å². The third kappa shape index (κ3) is 2.34. The third-order valence-electron chi connectivity index (χ3n) is 3.57. The zero-order valence-corrected chi connectivity index (χ0v) is 13.8. The van der Waals surface area contributed by atoms with E-state index >= 15 is 0 Å². The van der Waals surface area contributed by atoms with Gasteiger partial charge < -0.3 is 9.31 Å². The molecule has 1 fully saturated rings. The smallest absolute Gasteiger partial charge is 0.399 e. The lowest BCUT2D eigenvalue weighted by Gasteiger charge is -2.32. The van der Waals surface area contributed by atoms with E-state index in [1.54, 1.807) is 6.07 Å². The Morgan fingerprint density at radius 3 is 2.06 bits per heavy atom. The molecule has 0 N–H and O–H groups in total. The highest BCUT2D eigenvalue weighted by molar-refractivity contribution is 9.10. The Kier molecular flexibility index (Phi) is 3.81. The van der Waals surface area contributed by atoms with Crippen molar-refractivity contribution in [1.82, 2.24) is 0 Å². The van der Waals surface area contributed by atoms with E-state index in [2.05, 4.69) is 15.9 Å². The number of hydrogen-bond acceptors (Lipinski definition) is 2. The first kappa shape index (κ1) is 14.7. The van der Waals surface area contributed by atoms with Gasteiger partial charge in [-0.25, -0.2) is 0 Å². The number of benzene rings is 1. The second kappa shape index (κ2) is 4.67. The molecule has 2 nitrogen and oxygen atoms in total. The van der Waals surface area contributed by atoms with Crippen molar-refractivity contribution in [2.75, 3.05) is 0 Å². The van der Waals surface area contributed by atoms with Gasteiger partial charge in [-0.1, -0.05) is 39.1 Å². The van der Waals surface area contributed by atoms with E-state index in [4.69, 9.17) is 32.5 Å². The molecule has 98 valence electrons. The second-order valence-corrected chi connectivity index (χ2v) is 6.98. The van der Waals surface area contributed by atoms with E-state index < -0.39 is 18.3 Å². The van der Waals surface area contributed by atoms with Crippen LogP contribution in [0.25, 0.3) is 0 Å². The van der Waals surface area contributed by atoms with Crippen molar-refractivity contribution in [1.29, 1.82) is 0 Å². The van der Waals surface area contributed by atoms with Gasteiger partial charge in [-0.15, -0.1) is 0 Å². The van der Waals surface area contributed by atoms with Gasteiger partial charge in [-0.3, -0.25) is 0 Å². The summed E-state index contributed by atoms with van der Waals surface area (Å²) in [4.78, 5) is 0. The maximum absolute atomic E-state index is 6.24. The number of hydrogen-bond donors (Lipinski definition) is 0. The molecular weight excluding hydrogens is 338 g/mol. The molecule has 2 rings (SSSR count). The third-order valence-corrected chi connectivity index (χ3v) is 5.08. The number of halogens is 3. The normalized spacial score (nSPS) is 21.4. The molecule has 6 heteroatoms. The monoisotopic (exact) mass is 350 g/mol. The SMILES string of the molecule is CC1(C)OB(c2c(Br)ccc(Cl)c2Cl)OC1(C)C. The van der Waals surface area contributed by atoms with Gasteiger partial charge in [-0.2, -0.15) is 0 Å². The fourth-order valence-electron chi connectivity index (χ4n) is 1.72. The predicted octanol–water partition coefficient (Wildman–Crippen LogP) is 4.06. The molecule has 0 bridgehead atoms. The van der Waals surface area contributed by atoms with Gasteiger partial charge in [0.2, 0.25) is 0 Å². The van der Waals surface area contributed by atoms with Crippen molar-refractivity contribution >= 4 is 51.7 Å². The summed E-state index contributed by atoms with van der Waals surface area (Å²) >= 11 is 15.7. The fourth-order valence-corrected chi connectivity index (χ4v) is 2.77. The van der Waals surface area contributed by atoms with Gasteiger partial charge in [0, 0.05) is 9.94 Å². The lowest BCUT2D eigenvalue weighted by atomic mass is 9.79. The highest BCUT2D eigenvalue weighted by Crippen LogP contribution is 2.38. The summed E-state index contributed by atoms with van der Waals surface area (Å²) in [6.45, 7) is 8.00. The minimum absolute atomic E-state index is 0.400. The topological polar surface area (TPSA) is 18.5 Å². The van der Waals surface area contributed by atoms with Crippen LogP contribution in [0.4, 0.5) is 0 Å². The zero-order chi connectivity index (χ0) is 13.7. The standard InChI is InChI=1S/C12H14BBrCl2O2/c1-11(2)12(3,4)18-13(17-11)9-7(14)5-6-8(15)10(9)16/h5-6H,1-4H3. The van der Waals surface area contributed by atoms with Crippen LogP contribution in [-0.2, 0) is 9.31 Å². The molecule has 1 saturated heterocycles. The number of rotatable bonds is 1. The minimum Gasteiger partial charge on any atom is -0.399 e. The minimum atomic E-state index is -0.518. The molecule has 1 aromatic rings. The molecule has 1 heterocycles. The molecule has 0 spiro atoms. The first-order chi connectivity index (χ1) is 8.16. The van der Waals surface area contributed by atoms with E-state index in [0.717, 1.165) is 9.94 Å². The molecule has 18 heavy (non-hydrogen) atoms. The molecule has 1 aliphatic heterocycles. The van der Waals surface area contributed by atoms with E-state index in [9.17, 15) is 0 Å². The average molecular weight is 352 g/mol. The molecule has 0 aromatic heterocycles. The zero-order valence-electron chi connectivity index (χ0n) is 10.7. The van der Waals surface area contributed by atoms with Crippen LogP contribution in [0, 0.1) is 0 Å². The van der Waals surface area contributed by atoms with E-state index in [-0.39, 0.29) is 0 Å². The predicted molar refractivity (Wildman–Crippen MR) is 79.9 cm³/mol. The van der Waals surface area contributed by atoms with Gasteiger partial charge in [0.1, 0.15) is 0 Å². The lowest BCUT2D eigenvalue weighted by molar-refractivity contribution is 0.00578. The summed E-state index contributed by atoms with van der Waals surface area (Å²) in [6, 6.07) is 3.58. The molecular formula is C12H14BBrCl2O2. The Bertz CT molecular complexity index is 475. The van der Waals surface area contributed by atoms with Crippen LogP contribution < -0.4 is 5.46 Å². The summed E-state index contributed by atoms with van der Waals surface area (Å²) in [5.74, 6) is 0. The Morgan fingerprint density at radius 1 is 1.06 bits per heavy atom. The largest absolute Gasteiger partial charge is 0.497 e. The molecule has 0 amide bonds. The van der Waals surface area contributed by atoms with E-state index in [1.807, 2.05) is 33.8 Å². The molecule has 1 aliphatic rings. The fraction of sp³-hybridized carbons (Fsp3) is 0.500. The van der Waals surface area contributed by atoms with Crippen LogP contribution in [0.15, 0.2) is 16.6 Å². The first-order valence-electron chi connectivity index (χ1n) is 5.65. The molecule has 0 unspecified atom stereocenters. The summed E-state index contributed by atoms with van der Waals surface area (Å²) in [6.07, 6.45) is 0.